The molecule has 0 fully saturated rings. The van der Waals surface area contributed by atoms with Gasteiger partial charge < -0.3 is 19.5 Å². The van der Waals surface area contributed by atoms with Crippen LogP contribution in [0.1, 0.15) is 28.4 Å². The Labute approximate surface area is 244 Å². The van der Waals surface area contributed by atoms with Crippen LogP contribution in [-0.4, -0.2) is 35.9 Å². The monoisotopic (exact) mass is 561 g/mol. The number of nitrogens with zero attached hydrogens (tertiary/aromatic N) is 2. The Bertz CT molecular complexity index is 1730. The van der Waals surface area contributed by atoms with Crippen LogP contribution in [0.4, 0.5) is 5.69 Å². The van der Waals surface area contributed by atoms with E-state index in [4.69, 9.17) is 19.3 Å². The number of amides is 1. The van der Waals surface area contributed by atoms with Gasteiger partial charge in [0.05, 0.1) is 25.5 Å². The number of carbonyl (C=O) groups is 2. The third-order valence-corrected chi connectivity index (χ3v) is 6.70. The number of nitrogens with one attached hydrogen (secondary N) is 1. The first kappa shape index (κ1) is 28.2. The Morgan fingerprint density at radius 2 is 1.43 bits per heavy atom. The van der Waals surface area contributed by atoms with Crippen LogP contribution in [0, 0.1) is 13.8 Å². The largest absolute Gasteiger partial charge is 0.497 e. The maximum absolute atomic E-state index is 12.8. The maximum Gasteiger partial charge on any atom is 0.309 e. The number of aromatic nitrogens is 2. The molecule has 0 spiro atoms. The molecule has 0 aliphatic heterocycles. The van der Waals surface area contributed by atoms with Crippen molar-refractivity contribution in [3.63, 3.8) is 0 Å². The number of anilines is 1. The van der Waals surface area contributed by atoms with Gasteiger partial charge in [-0.1, -0.05) is 47.5 Å². The molecule has 0 radical (unpaired) electrons. The Balaban J connectivity index is 1.65. The molecule has 0 saturated heterocycles. The standard InChI is InChI=1S/C34H31N3O5/c1-21-9-15-28(16-10-21)37-34(42-23(3)38)31(32(36-37)26-18-29(40-4)20-30(19-26)41-5)24-11-13-27(14-12-24)35-33(39)25-8-6-7-22(2)17-25/h6-20H,1-5H3,(H,35,39). The summed E-state index contributed by atoms with van der Waals surface area (Å²) in [5.74, 6) is 0.747. The van der Waals surface area contributed by atoms with E-state index in [2.05, 4.69) is 5.32 Å². The molecule has 0 aliphatic rings. The van der Waals surface area contributed by atoms with E-state index in [1.54, 1.807) is 43.2 Å². The highest BCUT2D eigenvalue weighted by atomic mass is 16.5. The highest BCUT2D eigenvalue weighted by Crippen LogP contribution is 2.43. The van der Waals surface area contributed by atoms with Crippen LogP contribution >= 0.6 is 0 Å². The van der Waals surface area contributed by atoms with Crippen LogP contribution in [0.25, 0.3) is 28.1 Å². The minimum Gasteiger partial charge on any atom is -0.497 e. The fourth-order valence-corrected chi connectivity index (χ4v) is 4.61. The molecule has 1 heterocycles. The smallest absolute Gasteiger partial charge is 0.309 e. The van der Waals surface area contributed by atoms with Gasteiger partial charge in [0.15, 0.2) is 0 Å². The van der Waals surface area contributed by atoms with Gasteiger partial charge in [-0.3, -0.25) is 9.59 Å². The summed E-state index contributed by atoms with van der Waals surface area (Å²) in [7, 11) is 3.16. The van der Waals surface area contributed by atoms with Crippen LogP contribution < -0.4 is 19.5 Å². The van der Waals surface area contributed by atoms with Crippen LogP contribution in [0.3, 0.4) is 0 Å². The molecule has 42 heavy (non-hydrogen) atoms. The van der Waals surface area contributed by atoms with Gasteiger partial charge >= 0.3 is 5.97 Å². The predicted octanol–water partition coefficient (Wildman–Crippen LogP) is 7.02. The molecule has 1 aromatic heterocycles. The van der Waals surface area contributed by atoms with Crippen LogP contribution in [0.15, 0.2) is 91.0 Å². The molecular formula is C34H31N3O5. The SMILES string of the molecule is COc1cc(OC)cc(-c2nn(-c3ccc(C)cc3)c(OC(C)=O)c2-c2ccc(NC(=O)c3cccc(C)c3)cc2)c1. The van der Waals surface area contributed by atoms with Gasteiger partial charge in [-0.05, 0) is 67.9 Å². The summed E-state index contributed by atoms with van der Waals surface area (Å²) < 4.78 is 18.5. The Morgan fingerprint density at radius 1 is 0.762 bits per heavy atom. The number of hydrogen-bond acceptors (Lipinski definition) is 6. The lowest BCUT2D eigenvalue weighted by molar-refractivity contribution is -0.132. The second-order valence-corrected chi connectivity index (χ2v) is 9.87. The summed E-state index contributed by atoms with van der Waals surface area (Å²) in [4.78, 5) is 25.2. The second kappa shape index (κ2) is 12.0. The van der Waals surface area contributed by atoms with Gasteiger partial charge in [0.1, 0.15) is 17.2 Å². The highest BCUT2D eigenvalue weighted by molar-refractivity contribution is 6.04. The first-order valence-corrected chi connectivity index (χ1v) is 13.4. The lowest BCUT2D eigenvalue weighted by Crippen LogP contribution is -2.11. The van der Waals surface area contributed by atoms with Gasteiger partial charge in [0, 0.05) is 29.8 Å². The molecule has 4 aromatic carbocycles. The van der Waals surface area contributed by atoms with Crippen molar-refractivity contribution in [1.82, 2.24) is 9.78 Å². The van der Waals surface area contributed by atoms with E-state index in [1.807, 2.05) is 80.6 Å². The molecule has 1 amide bonds. The minimum absolute atomic E-state index is 0.205. The van der Waals surface area contributed by atoms with Crippen molar-refractivity contribution in [2.75, 3.05) is 19.5 Å². The van der Waals surface area contributed by atoms with E-state index in [0.29, 0.717) is 39.6 Å². The molecular weight excluding hydrogens is 530 g/mol. The Morgan fingerprint density at radius 3 is 2.02 bits per heavy atom. The lowest BCUT2D eigenvalue weighted by atomic mass is 10.0. The van der Waals surface area contributed by atoms with E-state index in [-0.39, 0.29) is 11.8 Å². The van der Waals surface area contributed by atoms with Crippen molar-refractivity contribution in [2.45, 2.75) is 20.8 Å². The summed E-state index contributed by atoms with van der Waals surface area (Å²) in [6.07, 6.45) is 0. The molecule has 8 heteroatoms. The van der Waals surface area contributed by atoms with Crippen molar-refractivity contribution < 1.29 is 23.8 Å². The number of rotatable bonds is 8. The normalized spacial score (nSPS) is 10.7. The predicted molar refractivity (Wildman–Crippen MR) is 163 cm³/mol. The van der Waals surface area contributed by atoms with Crippen LogP contribution in [0.5, 0.6) is 17.4 Å². The molecule has 8 nitrogen and oxygen atoms in total. The van der Waals surface area contributed by atoms with Crippen molar-refractivity contribution in [2.24, 2.45) is 0 Å². The first-order chi connectivity index (χ1) is 20.2. The summed E-state index contributed by atoms with van der Waals surface area (Å²) in [5.41, 5.74) is 6.59. The molecule has 0 saturated carbocycles. The van der Waals surface area contributed by atoms with Gasteiger partial charge in [-0.25, -0.2) is 0 Å². The zero-order valence-electron chi connectivity index (χ0n) is 24.1. The van der Waals surface area contributed by atoms with E-state index in [1.165, 1.54) is 6.92 Å². The zero-order valence-corrected chi connectivity index (χ0v) is 24.1. The van der Waals surface area contributed by atoms with Gasteiger partial charge in [0.2, 0.25) is 5.88 Å². The highest BCUT2D eigenvalue weighted by Gasteiger charge is 2.25. The van der Waals surface area contributed by atoms with Crippen molar-refractivity contribution >= 4 is 17.6 Å². The van der Waals surface area contributed by atoms with Gasteiger partial charge in [-0.2, -0.15) is 9.78 Å². The quantitative estimate of drug-likeness (QED) is 0.205. The van der Waals surface area contributed by atoms with E-state index < -0.39 is 5.97 Å². The van der Waals surface area contributed by atoms with Gasteiger partial charge in [0.25, 0.3) is 5.91 Å². The summed E-state index contributed by atoms with van der Waals surface area (Å²) in [6.45, 7) is 5.30. The average molecular weight is 562 g/mol. The van der Waals surface area contributed by atoms with Crippen molar-refractivity contribution in [3.8, 4) is 45.5 Å². The number of ether oxygens (including phenoxy) is 3. The third-order valence-electron chi connectivity index (χ3n) is 6.70. The van der Waals surface area contributed by atoms with Gasteiger partial charge in [-0.15, -0.1) is 0 Å². The minimum atomic E-state index is -0.485. The van der Waals surface area contributed by atoms with Crippen LogP contribution in [-0.2, 0) is 4.79 Å². The number of hydrogen-bond donors (Lipinski definition) is 1. The molecule has 1 N–H and O–H groups in total. The van der Waals surface area contributed by atoms with E-state index in [0.717, 1.165) is 22.4 Å². The zero-order chi connectivity index (χ0) is 29.8. The second-order valence-electron chi connectivity index (χ2n) is 9.87. The number of benzene rings is 4. The maximum atomic E-state index is 12.8. The third kappa shape index (κ3) is 6.02. The molecule has 0 bridgehead atoms. The summed E-state index contributed by atoms with van der Waals surface area (Å²) in [6, 6.07) is 28.0. The number of carbonyl (C=O) groups excluding carboxylic acids is 2. The molecule has 0 aliphatic carbocycles. The molecule has 212 valence electrons. The fraction of sp³-hybridized carbons (Fsp3) is 0.147. The van der Waals surface area contributed by atoms with Crippen molar-refractivity contribution in [3.05, 3.63) is 108 Å². The van der Waals surface area contributed by atoms with Crippen molar-refractivity contribution in [1.29, 1.82) is 0 Å². The molecule has 0 unspecified atom stereocenters. The topological polar surface area (TPSA) is 91.7 Å². The number of esters is 1. The first-order valence-electron chi connectivity index (χ1n) is 13.4. The lowest BCUT2D eigenvalue weighted by Gasteiger charge is -2.11. The summed E-state index contributed by atoms with van der Waals surface area (Å²) in [5, 5.41) is 7.88. The number of aryl methyl sites for hydroxylation is 2. The average Bonchev–Trinajstić information content (AvgIpc) is 3.36. The molecule has 5 rings (SSSR count). The summed E-state index contributed by atoms with van der Waals surface area (Å²) >= 11 is 0. The Hall–Kier alpha value is -5.37. The molecule has 5 aromatic rings. The van der Waals surface area contributed by atoms with E-state index in [9.17, 15) is 9.59 Å². The van der Waals surface area contributed by atoms with E-state index >= 15 is 0 Å². The molecule has 0 atom stereocenters. The number of methoxy groups -OCH3 is 2. The Kier molecular flexibility index (Phi) is 8.06. The fourth-order valence-electron chi connectivity index (χ4n) is 4.61. The van der Waals surface area contributed by atoms with Crippen LogP contribution in [0.2, 0.25) is 0 Å².